The first-order valence-corrected chi connectivity index (χ1v) is 10.8. The summed E-state index contributed by atoms with van der Waals surface area (Å²) in [5, 5.41) is 6.22. The van der Waals surface area contributed by atoms with E-state index in [1.54, 1.807) is 0 Å². The summed E-state index contributed by atoms with van der Waals surface area (Å²) in [6.07, 6.45) is 5.24. The lowest BCUT2D eigenvalue weighted by atomic mass is 9.77. The van der Waals surface area contributed by atoms with E-state index in [2.05, 4.69) is 64.4 Å². The van der Waals surface area contributed by atoms with Gasteiger partial charge >= 0.3 is 6.03 Å². The van der Waals surface area contributed by atoms with Crippen LogP contribution in [0.3, 0.4) is 0 Å². The van der Waals surface area contributed by atoms with Crippen LogP contribution in [0.4, 0.5) is 16.2 Å². The first kappa shape index (κ1) is 21.0. The monoisotopic (exact) mass is 417 g/mol. The Morgan fingerprint density at radius 2 is 1.58 bits per heavy atom. The van der Waals surface area contributed by atoms with E-state index in [1.807, 2.05) is 28.2 Å². The van der Waals surface area contributed by atoms with Crippen LogP contribution in [0.25, 0.3) is 6.08 Å². The van der Waals surface area contributed by atoms with E-state index in [0.29, 0.717) is 0 Å². The Bertz CT molecular complexity index is 1010. The fourth-order valence-corrected chi connectivity index (χ4v) is 4.56. The number of benzene rings is 2. The Morgan fingerprint density at radius 3 is 2.13 bits per heavy atom. The van der Waals surface area contributed by atoms with Gasteiger partial charge in [0.2, 0.25) is 0 Å². The van der Waals surface area contributed by atoms with E-state index in [-0.39, 0.29) is 12.0 Å². The quantitative estimate of drug-likeness (QED) is 0.797. The molecule has 0 radical (unpaired) electrons. The number of allylic oxidation sites excluding steroid dienone is 1. The maximum atomic E-state index is 12.3. The van der Waals surface area contributed by atoms with Crippen LogP contribution >= 0.6 is 0 Å². The molecule has 2 amide bonds. The minimum absolute atomic E-state index is 0.150. The standard InChI is InChI=1S/C25H31N5O/c1-28(2)20-12-8-17(9-13-20)16-19-6-5-7-22-23(19)27-30(25(26)31)24(22)18-10-14-21(15-11-18)29(3)4/h8-16,22,24H,5-7H2,1-4H3,(H2,26,31)/b19-16+/t22-,24+/m1/s1. The number of anilines is 2. The SMILES string of the molecule is CN(C)c1ccc(/C=C2\CCC[C@@H]3C2=NN(C(N)=O)[C@H]3c2ccc(N(C)C)cc2)cc1. The van der Waals surface area contributed by atoms with Crippen LogP contribution in [-0.2, 0) is 0 Å². The summed E-state index contributed by atoms with van der Waals surface area (Å²) in [6, 6.07) is 16.2. The lowest BCUT2D eigenvalue weighted by Crippen LogP contribution is -2.35. The van der Waals surface area contributed by atoms with Crippen molar-refractivity contribution in [3.05, 3.63) is 65.2 Å². The van der Waals surface area contributed by atoms with Crippen molar-refractivity contribution in [2.75, 3.05) is 38.0 Å². The molecule has 31 heavy (non-hydrogen) atoms. The molecule has 2 aromatic rings. The average Bonchev–Trinajstić information content (AvgIpc) is 3.15. The van der Waals surface area contributed by atoms with Gasteiger partial charge in [-0.25, -0.2) is 9.80 Å². The molecule has 4 rings (SSSR count). The number of primary amides is 1. The second kappa shape index (κ2) is 8.46. The molecule has 0 spiro atoms. The Labute approximate surface area is 184 Å². The molecule has 6 nitrogen and oxygen atoms in total. The lowest BCUT2D eigenvalue weighted by molar-refractivity contribution is 0.184. The summed E-state index contributed by atoms with van der Waals surface area (Å²) in [5.41, 5.74) is 12.5. The molecule has 162 valence electrons. The second-order valence-electron chi connectivity index (χ2n) is 8.75. The molecule has 1 aliphatic carbocycles. The van der Waals surface area contributed by atoms with Crippen molar-refractivity contribution >= 4 is 29.2 Å². The number of hydrogen-bond donors (Lipinski definition) is 1. The van der Waals surface area contributed by atoms with E-state index < -0.39 is 6.03 Å². The van der Waals surface area contributed by atoms with Gasteiger partial charge in [-0.2, -0.15) is 5.10 Å². The summed E-state index contributed by atoms with van der Waals surface area (Å²) in [5.74, 6) is 0.166. The van der Waals surface area contributed by atoms with Gasteiger partial charge in [0.15, 0.2) is 0 Å². The third-order valence-electron chi connectivity index (χ3n) is 6.23. The predicted molar refractivity (Wildman–Crippen MR) is 128 cm³/mol. The first-order chi connectivity index (χ1) is 14.8. The molecule has 0 unspecified atom stereocenters. The van der Waals surface area contributed by atoms with Crippen molar-refractivity contribution in [3.63, 3.8) is 0 Å². The number of nitrogens with two attached hydrogens (primary N) is 1. The van der Waals surface area contributed by atoms with E-state index in [0.717, 1.165) is 41.8 Å². The van der Waals surface area contributed by atoms with Crippen molar-refractivity contribution in [3.8, 4) is 0 Å². The van der Waals surface area contributed by atoms with Gasteiger partial charge in [0, 0.05) is 45.5 Å². The minimum Gasteiger partial charge on any atom is -0.378 e. The third kappa shape index (κ3) is 4.15. The number of fused-ring (bicyclic) bond motifs is 1. The van der Waals surface area contributed by atoms with Gasteiger partial charge < -0.3 is 15.5 Å². The van der Waals surface area contributed by atoms with Crippen LogP contribution in [-0.4, -0.2) is 44.9 Å². The number of rotatable bonds is 4. The van der Waals surface area contributed by atoms with Gasteiger partial charge in [0.25, 0.3) is 0 Å². The maximum absolute atomic E-state index is 12.3. The van der Waals surface area contributed by atoms with Gasteiger partial charge in [-0.15, -0.1) is 0 Å². The molecule has 1 fully saturated rings. The molecule has 0 bridgehead atoms. The Hall–Kier alpha value is -3.28. The fourth-order valence-electron chi connectivity index (χ4n) is 4.56. The van der Waals surface area contributed by atoms with Gasteiger partial charge in [0.05, 0.1) is 11.8 Å². The van der Waals surface area contributed by atoms with Crippen LogP contribution < -0.4 is 15.5 Å². The molecule has 1 saturated carbocycles. The van der Waals surface area contributed by atoms with Crippen molar-refractivity contribution < 1.29 is 4.79 Å². The van der Waals surface area contributed by atoms with Crippen LogP contribution in [0.15, 0.2) is 59.2 Å². The molecule has 1 aliphatic heterocycles. The van der Waals surface area contributed by atoms with Crippen LogP contribution in [0, 0.1) is 5.92 Å². The predicted octanol–water partition coefficient (Wildman–Crippen LogP) is 4.49. The fraction of sp³-hybridized carbons (Fsp3) is 0.360. The highest BCUT2D eigenvalue weighted by atomic mass is 16.2. The highest BCUT2D eigenvalue weighted by molar-refractivity contribution is 6.08. The van der Waals surface area contributed by atoms with Crippen molar-refractivity contribution in [2.24, 2.45) is 16.8 Å². The molecule has 1 heterocycles. The minimum atomic E-state index is -0.502. The van der Waals surface area contributed by atoms with E-state index >= 15 is 0 Å². The summed E-state index contributed by atoms with van der Waals surface area (Å²) in [4.78, 5) is 16.4. The Morgan fingerprint density at radius 1 is 1.00 bits per heavy atom. The smallest absolute Gasteiger partial charge is 0.335 e. The molecule has 6 heteroatoms. The zero-order valence-electron chi connectivity index (χ0n) is 18.7. The Balaban J connectivity index is 1.66. The van der Waals surface area contributed by atoms with Crippen LogP contribution in [0.1, 0.15) is 36.4 Å². The zero-order valence-corrected chi connectivity index (χ0v) is 18.7. The largest absolute Gasteiger partial charge is 0.378 e. The molecule has 2 atom stereocenters. The molecule has 2 aliphatic rings. The van der Waals surface area contributed by atoms with Crippen molar-refractivity contribution in [2.45, 2.75) is 25.3 Å². The number of nitrogens with zero attached hydrogens (tertiary/aromatic N) is 4. The van der Waals surface area contributed by atoms with Gasteiger partial charge in [-0.3, -0.25) is 0 Å². The van der Waals surface area contributed by atoms with Crippen LogP contribution in [0.5, 0.6) is 0 Å². The number of carbonyl (C=O) groups excluding carboxylic acids is 1. The molecule has 2 N–H and O–H groups in total. The van der Waals surface area contributed by atoms with E-state index in [9.17, 15) is 4.79 Å². The topological polar surface area (TPSA) is 65.2 Å². The summed E-state index contributed by atoms with van der Waals surface area (Å²) in [7, 11) is 8.11. The van der Waals surface area contributed by atoms with E-state index in [1.165, 1.54) is 16.3 Å². The number of urea groups is 1. The van der Waals surface area contributed by atoms with Crippen molar-refractivity contribution in [1.29, 1.82) is 0 Å². The summed E-state index contributed by atoms with van der Waals surface area (Å²) < 4.78 is 0. The summed E-state index contributed by atoms with van der Waals surface area (Å²) in [6.45, 7) is 0. The molecular weight excluding hydrogens is 386 g/mol. The molecule has 0 saturated heterocycles. The second-order valence-corrected chi connectivity index (χ2v) is 8.75. The number of amides is 2. The van der Waals surface area contributed by atoms with Crippen LogP contribution in [0.2, 0.25) is 0 Å². The van der Waals surface area contributed by atoms with E-state index in [4.69, 9.17) is 10.8 Å². The average molecular weight is 418 g/mol. The van der Waals surface area contributed by atoms with Gasteiger partial charge in [0.1, 0.15) is 0 Å². The number of hydrogen-bond acceptors (Lipinski definition) is 4. The third-order valence-corrected chi connectivity index (χ3v) is 6.23. The maximum Gasteiger partial charge on any atom is 0.335 e. The van der Waals surface area contributed by atoms with Crippen molar-refractivity contribution in [1.82, 2.24) is 5.01 Å². The van der Waals surface area contributed by atoms with Gasteiger partial charge in [-0.1, -0.05) is 24.3 Å². The highest BCUT2D eigenvalue weighted by Crippen LogP contribution is 2.44. The van der Waals surface area contributed by atoms with Gasteiger partial charge in [-0.05, 0) is 66.3 Å². The lowest BCUT2D eigenvalue weighted by Gasteiger charge is -2.29. The normalized spacial score (nSPS) is 21.6. The summed E-state index contributed by atoms with van der Waals surface area (Å²) >= 11 is 0. The number of hydrazone groups is 1. The number of carbonyl (C=O) groups is 1. The Kier molecular flexibility index (Phi) is 5.72. The molecular formula is C25H31N5O. The highest BCUT2D eigenvalue weighted by Gasteiger charge is 2.43. The first-order valence-electron chi connectivity index (χ1n) is 10.8. The molecule has 2 aromatic carbocycles. The molecule has 0 aromatic heterocycles. The zero-order chi connectivity index (χ0) is 22.1.